The Morgan fingerprint density at radius 1 is 1.41 bits per heavy atom. The van der Waals surface area contributed by atoms with Crippen LogP contribution in [0.3, 0.4) is 0 Å². The number of rotatable bonds is 3. The molecule has 0 radical (unpaired) electrons. The fraction of sp³-hybridized carbons (Fsp3) is 0.267. The second kappa shape index (κ2) is 5.75. The number of aldehydes is 1. The molecule has 88 valence electrons. The van der Waals surface area contributed by atoms with Crippen LogP contribution >= 0.6 is 10.9 Å². The third kappa shape index (κ3) is 3.01. The van der Waals surface area contributed by atoms with Crippen molar-refractivity contribution in [2.75, 3.05) is 5.75 Å². The lowest BCUT2D eigenvalue weighted by molar-refractivity contribution is -0.109. The van der Waals surface area contributed by atoms with E-state index in [1.54, 1.807) is 0 Å². The highest BCUT2D eigenvalue weighted by atomic mass is 32.2. The van der Waals surface area contributed by atoms with Crippen LogP contribution in [-0.2, 0) is 10.5 Å². The highest BCUT2D eigenvalue weighted by Gasteiger charge is 2.18. The largest absolute Gasteiger partial charge is 0.303 e. The van der Waals surface area contributed by atoms with Crippen LogP contribution in [0.15, 0.2) is 41.3 Å². The van der Waals surface area contributed by atoms with Gasteiger partial charge in [-0.05, 0) is 17.7 Å². The molecule has 0 N–H and O–H groups in total. The molecule has 0 aromatic heterocycles. The number of hydrogen-bond donors (Lipinski definition) is 1. The summed E-state index contributed by atoms with van der Waals surface area (Å²) in [5, 5.41) is 0. The minimum atomic E-state index is -0.278. The van der Waals surface area contributed by atoms with Crippen molar-refractivity contribution in [3.8, 4) is 12.3 Å². The molecule has 0 aliphatic carbocycles. The number of benzene rings is 1. The van der Waals surface area contributed by atoms with Gasteiger partial charge in [0.05, 0.1) is 0 Å². The molecule has 0 saturated carbocycles. The fourth-order valence-electron chi connectivity index (χ4n) is 2.03. The highest BCUT2D eigenvalue weighted by molar-refractivity contribution is 8.20. The zero-order valence-electron chi connectivity index (χ0n) is 9.67. The van der Waals surface area contributed by atoms with E-state index in [1.807, 2.05) is 12.1 Å². The van der Waals surface area contributed by atoms with E-state index in [9.17, 15) is 4.79 Å². The summed E-state index contributed by atoms with van der Waals surface area (Å²) in [6, 6.07) is 10.4. The molecule has 1 nitrogen and oxygen atoms in total. The molecule has 2 atom stereocenters. The van der Waals surface area contributed by atoms with E-state index in [2.05, 4.69) is 30.2 Å². The molecule has 1 aromatic rings. The summed E-state index contributed by atoms with van der Waals surface area (Å²) in [5.41, 5.74) is 1.34. The number of carbonyl (C=O) groups excluding carboxylic acids is 1. The van der Waals surface area contributed by atoms with Crippen LogP contribution in [-0.4, -0.2) is 12.0 Å². The molecule has 2 heteroatoms. The quantitative estimate of drug-likeness (QED) is 0.491. The van der Waals surface area contributed by atoms with Gasteiger partial charge in [-0.3, -0.25) is 0 Å². The summed E-state index contributed by atoms with van der Waals surface area (Å²) >= 11 is 0. The Bertz CT molecular complexity index is 456. The third-order valence-electron chi connectivity index (χ3n) is 2.98. The lowest BCUT2D eigenvalue weighted by Crippen LogP contribution is -2.10. The maximum Gasteiger partial charge on any atom is 0.126 e. The van der Waals surface area contributed by atoms with Gasteiger partial charge in [0.25, 0.3) is 0 Å². The zero-order chi connectivity index (χ0) is 12.1. The van der Waals surface area contributed by atoms with Gasteiger partial charge in [-0.2, -0.15) is 0 Å². The van der Waals surface area contributed by atoms with E-state index < -0.39 is 0 Å². The second-order valence-electron chi connectivity index (χ2n) is 4.19. The minimum Gasteiger partial charge on any atom is -0.303 e. The summed E-state index contributed by atoms with van der Waals surface area (Å²) in [6.07, 6.45) is 9.50. The first-order valence-corrected chi connectivity index (χ1v) is 7.47. The second-order valence-corrected chi connectivity index (χ2v) is 6.52. The Kier molecular flexibility index (Phi) is 4.06. The highest BCUT2D eigenvalue weighted by Crippen LogP contribution is 2.43. The van der Waals surface area contributed by atoms with E-state index in [4.69, 9.17) is 6.42 Å². The molecule has 2 unspecified atom stereocenters. The molecule has 0 spiro atoms. The van der Waals surface area contributed by atoms with Gasteiger partial charge in [-0.15, -0.1) is 6.42 Å². The first kappa shape index (κ1) is 12.0. The Morgan fingerprint density at radius 3 is 2.82 bits per heavy atom. The predicted molar refractivity (Wildman–Crippen MR) is 75.1 cm³/mol. The van der Waals surface area contributed by atoms with Gasteiger partial charge in [0.15, 0.2) is 0 Å². The van der Waals surface area contributed by atoms with E-state index in [0.29, 0.717) is 0 Å². The van der Waals surface area contributed by atoms with Crippen molar-refractivity contribution >= 4 is 17.2 Å². The normalized spacial score (nSPS) is 25.7. The van der Waals surface area contributed by atoms with E-state index in [0.717, 1.165) is 29.1 Å². The molecule has 17 heavy (non-hydrogen) atoms. The van der Waals surface area contributed by atoms with E-state index >= 15 is 0 Å². The summed E-state index contributed by atoms with van der Waals surface area (Å²) in [7, 11) is -0.278. The zero-order valence-corrected chi connectivity index (χ0v) is 10.6. The van der Waals surface area contributed by atoms with Gasteiger partial charge in [0.1, 0.15) is 6.29 Å². The standard InChI is InChI=1S/C15H16OS/c1-2-15-10-14(11-16)8-9-17(15)12-13-6-4-3-5-7-13/h1,3-7,10-11,14,17H,8-9,12H2. The molecular weight excluding hydrogens is 228 g/mol. The lowest BCUT2D eigenvalue weighted by atomic mass is 10.1. The first-order chi connectivity index (χ1) is 8.33. The van der Waals surface area contributed by atoms with Crippen molar-refractivity contribution in [2.24, 2.45) is 5.92 Å². The van der Waals surface area contributed by atoms with Crippen molar-refractivity contribution < 1.29 is 4.79 Å². The number of allylic oxidation sites excluding steroid dienone is 2. The summed E-state index contributed by atoms with van der Waals surface area (Å²) in [6.45, 7) is 0. The molecule has 1 aliphatic heterocycles. The molecule has 1 aromatic carbocycles. The first-order valence-electron chi connectivity index (χ1n) is 5.76. The summed E-state index contributed by atoms with van der Waals surface area (Å²) in [5.74, 6) is 4.92. The van der Waals surface area contributed by atoms with Crippen LogP contribution in [0.4, 0.5) is 0 Å². The Hall–Kier alpha value is -1.46. The predicted octanol–water partition coefficient (Wildman–Crippen LogP) is 2.92. The maximum absolute atomic E-state index is 10.8. The molecule has 2 rings (SSSR count). The topological polar surface area (TPSA) is 17.1 Å². The van der Waals surface area contributed by atoms with Crippen molar-refractivity contribution in [1.29, 1.82) is 0 Å². The SMILES string of the molecule is C#CC1=CC(C=O)CC[SH]1Cc1ccccc1. The van der Waals surface area contributed by atoms with Crippen LogP contribution in [0.25, 0.3) is 0 Å². The Labute approximate surface area is 105 Å². The monoisotopic (exact) mass is 244 g/mol. The van der Waals surface area contributed by atoms with Gasteiger partial charge in [0.2, 0.25) is 0 Å². The molecule has 0 amide bonds. The van der Waals surface area contributed by atoms with Crippen molar-refractivity contribution in [1.82, 2.24) is 0 Å². The number of terminal acetylenes is 1. The Balaban J connectivity index is 2.12. The molecule has 1 aliphatic rings. The van der Waals surface area contributed by atoms with E-state index in [-0.39, 0.29) is 16.8 Å². The smallest absolute Gasteiger partial charge is 0.126 e. The average Bonchev–Trinajstić information content (AvgIpc) is 2.40. The van der Waals surface area contributed by atoms with Crippen LogP contribution < -0.4 is 0 Å². The van der Waals surface area contributed by atoms with Crippen molar-refractivity contribution in [2.45, 2.75) is 12.2 Å². The fourth-order valence-corrected chi connectivity index (χ4v) is 4.45. The van der Waals surface area contributed by atoms with Gasteiger partial charge in [0, 0.05) is 16.6 Å². The van der Waals surface area contributed by atoms with Gasteiger partial charge in [-0.25, -0.2) is 10.9 Å². The summed E-state index contributed by atoms with van der Waals surface area (Å²) < 4.78 is 0. The molecular formula is C15H16OS. The summed E-state index contributed by atoms with van der Waals surface area (Å²) in [4.78, 5) is 11.8. The van der Waals surface area contributed by atoms with Crippen LogP contribution in [0, 0.1) is 18.3 Å². The Morgan fingerprint density at radius 2 is 2.18 bits per heavy atom. The van der Waals surface area contributed by atoms with Gasteiger partial charge in [-0.1, -0.05) is 42.3 Å². The van der Waals surface area contributed by atoms with Crippen molar-refractivity contribution in [3.63, 3.8) is 0 Å². The number of thiol groups is 1. The molecule has 0 saturated heterocycles. The van der Waals surface area contributed by atoms with Crippen LogP contribution in [0.2, 0.25) is 0 Å². The molecule has 0 fully saturated rings. The van der Waals surface area contributed by atoms with Gasteiger partial charge >= 0.3 is 0 Å². The molecule has 1 heterocycles. The molecule has 0 bridgehead atoms. The van der Waals surface area contributed by atoms with Crippen LogP contribution in [0.5, 0.6) is 0 Å². The van der Waals surface area contributed by atoms with Crippen molar-refractivity contribution in [3.05, 3.63) is 46.9 Å². The third-order valence-corrected chi connectivity index (χ3v) is 5.49. The van der Waals surface area contributed by atoms with Gasteiger partial charge < -0.3 is 4.79 Å². The number of hydrogen-bond acceptors (Lipinski definition) is 1. The maximum atomic E-state index is 10.8. The van der Waals surface area contributed by atoms with E-state index in [1.165, 1.54) is 5.56 Å². The minimum absolute atomic E-state index is 0.0376. The number of carbonyl (C=O) groups is 1. The lowest BCUT2D eigenvalue weighted by Gasteiger charge is -2.27. The van der Waals surface area contributed by atoms with Crippen LogP contribution in [0.1, 0.15) is 12.0 Å². The average molecular weight is 244 g/mol.